The maximum Gasteiger partial charge on any atom is 0.254 e. The van der Waals surface area contributed by atoms with Gasteiger partial charge in [0.2, 0.25) is 5.91 Å². The molecule has 0 aliphatic carbocycles. The highest BCUT2D eigenvalue weighted by atomic mass is 35.5. The van der Waals surface area contributed by atoms with E-state index >= 15 is 0 Å². The van der Waals surface area contributed by atoms with Gasteiger partial charge in [0.15, 0.2) is 6.29 Å². The average Bonchev–Trinajstić information content (AvgIpc) is 2.70. The molecule has 0 saturated carbocycles. The van der Waals surface area contributed by atoms with Crippen LogP contribution in [0.15, 0.2) is 42.5 Å². The lowest BCUT2D eigenvalue weighted by molar-refractivity contribution is -0.121. The van der Waals surface area contributed by atoms with Crippen LogP contribution >= 0.6 is 23.2 Å². The van der Waals surface area contributed by atoms with Crippen LogP contribution in [0.25, 0.3) is 11.1 Å². The number of carbonyl (C=O) groups is 2. The van der Waals surface area contributed by atoms with Crippen molar-refractivity contribution in [3.63, 3.8) is 0 Å². The third kappa shape index (κ3) is 5.67. The number of carbonyl (C=O) groups excluding carboxylic acids is 2. The largest absolute Gasteiger partial charge is 0.366 e. The van der Waals surface area contributed by atoms with Crippen molar-refractivity contribution in [3.8, 4) is 11.1 Å². The van der Waals surface area contributed by atoms with Gasteiger partial charge in [0.1, 0.15) is 0 Å². The van der Waals surface area contributed by atoms with Gasteiger partial charge in [-0.3, -0.25) is 9.59 Å². The van der Waals surface area contributed by atoms with Crippen molar-refractivity contribution >= 4 is 35.0 Å². The molecule has 2 atom stereocenters. The molecule has 0 fully saturated rings. The summed E-state index contributed by atoms with van der Waals surface area (Å²) >= 11 is 12.6. The number of nitrogens with two attached hydrogens (primary N) is 1. The fourth-order valence-electron chi connectivity index (χ4n) is 2.51. The molecule has 150 valence electrons. The highest BCUT2D eigenvalue weighted by Gasteiger charge is 2.25. The molecule has 0 aliphatic heterocycles. The number of rotatable bonds is 8. The number of aliphatic hydroxyl groups excluding tert-OH is 1. The summed E-state index contributed by atoms with van der Waals surface area (Å²) in [6, 6.07) is 11.8. The Labute approximate surface area is 172 Å². The summed E-state index contributed by atoms with van der Waals surface area (Å²) < 4.78 is 4.84. The van der Waals surface area contributed by atoms with E-state index in [1.807, 2.05) is 30.3 Å². The Morgan fingerprint density at radius 3 is 2.29 bits per heavy atom. The minimum atomic E-state index is -1.36. The fourth-order valence-corrected chi connectivity index (χ4v) is 3.17. The van der Waals surface area contributed by atoms with E-state index in [0.29, 0.717) is 0 Å². The summed E-state index contributed by atoms with van der Waals surface area (Å²) in [5.41, 5.74) is 6.95. The SMILES string of the molecule is COC(O)[C@H](CNC(=O)CN)NC(=O)c1c(Cl)cc(-c2ccccc2)cc1Cl. The van der Waals surface area contributed by atoms with E-state index in [1.165, 1.54) is 7.11 Å². The number of ether oxygens (including phenoxy) is 1. The monoisotopic (exact) mass is 425 g/mol. The van der Waals surface area contributed by atoms with Crippen LogP contribution in [0.3, 0.4) is 0 Å². The fraction of sp³-hybridized carbons (Fsp3) is 0.263. The van der Waals surface area contributed by atoms with Gasteiger partial charge in [-0.05, 0) is 23.3 Å². The number of nitrogens with one attached hydrogen (secondary N) is 2. The van der Waals surface area contributed by atoms with Crippen molar-refractivity contribution in [2.45, 2.75) is 12.3 Å². The van der Waals surface area contributed by atoms with E-state index in [2.05, 4.69) is 10.6 Å². The molecule has 0 saturated heterocycles. The van der Waals surface area contributed by atoms with Gasteiger partial charge in [-0.25, -0.2) is 0 Å². The topological polar surface area (TPSA) is 114 Å². The molecule has 9 heteroatoms. The first-order valence-corrected chi connectivity index (χ1v) is 9.16. The average molecular weight is 426 g/mol. The van der Waals surface area contributed by atoms with Crippen molar-refractivity contribution in [1.29, 1.82) is 0 Å². The second-order valence-corrected chi connectivity index (χ2v) is 6.71. The van der Waals surface area contributed by atoms with Crippen LogP contribution in [0.5, 0.6) is 0 Å². The normalized spacial score (nSPS) is 12.9. The highest BCUT2D eigenvalue weighted by molar-refractivity contribution is 6.40. The van der Waals surface area contributed by atoms with Crippen LogP contribution in [-0.4, -0.2) is 49.5 Å². The van der Waals surface area contributed by atoms with Crippen LogP contribution in [0.2, 0.25) is 10.0 Å². The molecule has 0 aromatic heterocycles. The molecule has 0 bridgehead atoms. The quantitative estimate of drug-likeness (QED) is 0.481. The number of hydrogen-bond donors (Lipinski definition) is 4. The first-order chi connectivity index (χ1) is 13.4. The smallest absolute Gasteiger partial charge is 0.254 e. The van der Waals surface area contributed by atoms with Gasteiger partial charge in [-0.2, -0.15) is 0 Å². The summed E-state index contributed by atoms with van der Waals surface area (Å²) in [5, 5.41) is 15.3. The molecule has 2 aromatic rings. The molecule has 2 rings (SSSR count). The lowest BCUT2D eigenvalue weighted by Crippen LogP contribution is -2.51. The van der Waals surface area contributed by atoms with Crippen LogP contribution in [-0.2, 0) is 9.53 Å². The molecule has 5 N–H and O–H groups in total. The summed E-state index contributed by atoms with van der Waals surface area (Å²) in [6.07, 6.45) is -1.36. The van der Waals surface area contributed by atoms with E-state index in [4.69, 9.17) is 33.7 Å². The van der Waals surface area contributed by atoms with E-state index in [0.717, 1.165) is 11.1 Å². The molecule has 0 spiro atoms. The molecule has 0 aliphatic rings. The molecular weight excluding hydrogens is 405 g/mol. The predicted octanol–water partition coefficient (Wildman–Crippen LogP) is 1.80. The van der Waals surface area contributed by atoms with Crippen molar-refractivity contribution in [2.75, 3.05) is 20.2 Å². The number of hydrogen-bond acceptors (Lipinski definition) is 5. The van der Waals surface area contributed by atoms with E-state index in [9.17, 15) is 14.7 Å². The van der Waals surface area contributed by atoms with E-state index < -0.39 is 24.1 Å². The number of halogens is 2. The highest BCUT2D eigenvalue weighted by Crippen LogP contribution is 2.31. The molecular formula is C19H21Cl2N3O4. The van der Waals surface area contributed by atoms with Crippen LogP contribution in [0.4, 0.5) is 0 Å². The lowest BCUT2D eigenvalue weighted by atomic mass is 10.0. The van der Waals surface area contributed by atoms with Crippen LogP contribution in [0, 0.1) is 0 Å². The number of amides is 2. The Morgan fingerprint density at radius 2 is 1.75 bits per heavy atom. The van der Waals surface area contributed by atoms with Gasteiger partial charge in [0.05, 0.1) is 28.2 Å². The van der Waals surface area contributed by atoms with Crippen LogP contribution < -0.4 is 16.4 Å². The summed E-state index contributed by atoms with van der Waals surface area (Å²) in [5.74, 6) is -1.05. The minimum Gasteiger partial charge on any atom is -0.366 e. The second-order valence-electron chi connectivity index (χ2n) is 5.90. The zero-order valence-electron chi connectivity index (χ0n) is 15.1. The predicted molar refractivity (Wildman–Crippen MR) is 108 cm³/mol. The molecule has 0 heterocycles. The Bertz CT molecular complexity index is 810. The molecule has 2 aromatic carbocycles. The molecule has 7 nitrogen and oxygen atoms in total. The summed E-state index contributed by atoms with van der Waals surface area (Å²) in [4.78, 5) is 24.0. The number of aliphatic hydroxyl groups is 1. The Kier molecular flexibility index (Phi) is 8.22. The molecule has 1 unspecified atom stereocenters. The number of methoxy groups -OCH3 is 1. The first-order valence-electron chi connectivity index (χ1n) is 8.40. The zero-order chi connectivity index (χ0) is 20.7. The molecule has 2 amide bonds. The van der Waals surface area contributed by atoms with Crippen molar-refractivity contribution in [3.05, 3.63) is 58.1 Å². The third-order valence-corrected chi connectivity index (χ3v) is 4.58. The van der Waals surface area contributed by atoms with Gasteiger partial charge in [-0.15, -0.1) is 0 Å². The standard InChI is InChI=1S/C19H21Cl2N3O4/c1-28-19(27)15(10-23-16(25)9-22)24-18(26)17-13(20)7-12(8-14(17)21)11-5-3-2-4-6-11/h2-8,15,19,27H,9-10,22H2,1H3,(H,23,25)(H,24,26)/t15-,19?/m0/s1. The summed E-state index contributed by atoms with van der Waals surface area (Å²) in [7, 11) is 1.27. The van der Waals surface area contributed by atoms with Gasteiger partial charge in [-0.1, -0.05) is 53.5 Å². The van der Waals surface area contributed by atoms with Gasteiger partial charge >= 0.3 is 0 Å². The van der Waals surface area contributed by atoms with Gasteiger partial charge in [0, 0.05) is 13.7 Å². The van der Waals surface area contributed by atoms with Gasteiger partial charge in [0.25, 0.3) is 5.91 Å². The molecule has 0 radical (unpaired) electrons. The Balaban J connectivity index is 2.23. The van der Waals surface area contributed by atoms with Crippen molar-refractivity contribution in [2.24, 2.45) is 5.73 Å². The lowest BCUT2D eigenvalue weighted by Gasteiger charge is -2.24. The minimum absolute atomic E-state index is 0.0569. The van der Waals surface area contributed by atoms with Crippen molar-refractivity contribution in [1.82, 2.24) is 10.6 Å². The maximum absolute atomic E-state index is 12.7. The van der Waals surface area contributed by atoms with Gasteiger partial charge < -0.3 is 26.2 Å². The Hall–Kier alpha value is -2.16. The van der Waals surface area contributed by atoms with Crippen LogP contribution in [0.1, 0.15) is 10.4 Å². The third-order valence-electron chi connectivity index (χ3n) is 3.98. The first kappa shape index (κ1) is 22.1. The number of benzene rings is 2. The van der Waals surface area contributed by atoms with E-state index in [-0.39, 0.29) is 28.7 Å². The second kappa shape index (κ2) is 10.4. The molecule has 28 heavy (non-hydrogen) atoms. The Morgan fingerprint density at radius 1 is 1.14 bits per heavy atom. The maximum atomic E-state index is 12.7. The van der Waals surface area contributed by atoms with Crippen molar-refractivity contribution < 1.29 is 19.4 Å². The van der Waals surface area contributed by atoms with E-state index in [1.54, 1.807) is 12.1 Å². The zero-order valence-corrected chi connectivity index (χ0v) is 16.6. The summed E-state index contributed by atoms with van der Waals surface area (Å²) in [6.45, 7) is -0.309.